The zero-order valence-electron chi connectivity index (χ0n) is 7.75. The van der Waals surface area contributed by atoms with Gasteiger partial charge >= 0.3 is 0 Å². The molecule has 0 N–H and O–H groups in total. The van der Waals surface area contributed by atoms with E-state index < -0.39 is 0 Å². The Morgan fingerprint density at radius 1 is 1.25 bits per heavy atom. The lowest BCUT2D eigenvalue weighted by molar-refractivity contribution is 0.361. The van der Waals surface area contributed by atoms with Gasteiger partial charge in [-0.15, -0.1) is 0 Å². The monoisotopic (exact) mass is 206 g/mol. The van der Waals surface area contributed by atoms with Gasteiger partial charge in [0.05, 0.1) is 17.7 Å². The standard InChI is InChI=1S/C9H18OS2/c1-2-3-4-5-8-10-12-11-9-6-7-9/h9H,2-8H2,1H3. The van der Waals surface area contributed by atoms with E-state index in [9.17, 15) is 0 Å². The average Bonchev–Trinajstić information content (AvgIpc) is 2.87. The molecule has 0 amide bonds. The first-order chi connectivity index (χ1) is 5.93. The van der Waals surface area contributed by atoms with E-state index >= 15 is 0 Å². The van der Waals surface area contributed by atoms with E-state index in [1.54, 1.807) is 11.1 Å². The van der Waals surface area contributed by atoms with Crippen LogP contribution in [0, 0.1) is 0 Å². The highest BCUT2D eigenvalue weighted by Gasteiger charge is 2.22. The molecule has 0 heterocycles. The van der Waals surface area contributed by atoms with Gasteiger partial charge < -0.3 is 4.18 Å². The third-order valence-corrected chi connectivity index (χ3v) is 4.25. The fourth-order valence-corrected chi connectivity index (χ4v) is 2.83. The van der Waals surface area contributed by atoms with Crippen molar-refractivity contribution in [3.8, 4) is 0 Å². The number of hydrogen-bond acceptors (Lipinski definition) is 3. The van der Waals surface area contributed by atoms with Crippen LogP contribution < -0.4 is 0 Å². The molecule has 1 aliphatic rings. The fourth-order valence-electron chi connectivity index (χ4n) is 0.869. The second kappa shape index (κ2) is 7.10. The van der Waals surface area contributed by atoms with E-state index in [4.69, 9.17) is 4.18 Å². The maximum atomic E-state index is 5.41. The summed E-state index contributed by atoms with van der Waals surface area (Å²) in [6.45, 7) is 3.17. The summed E-state index contributed by atoms with van der Waals surface area (Å²) in [6.07, 6.45) is 8.01. The Balaban J connectivity index is 1.65. The maximum absolute atomic E-state index is 5.41. The predicted molar refractivity (Wildman–Crippen MR) is 58.3 cm³/mol. The molecule has 12 heavy (non-hydrogen) atoms. The maximum Gasteiger partial charge on any atom is 0.0624 e. The van der Waals surface area contributed by atoms with Gasteiger partial charge in [-0.2, -0.15) is 0 Å². The molecule has 0 unspecified atom stereocenters. The van der Waals surface area contributed by atoms with Crippen molar-refractivity contribution in [2.75, 3.05) is 6.61 Å². The van der Waals surface area contributed by atoms with Crippen LogP contribution >= 0.6 is 21.9 Å². The van der Waals surface area contributed by atoms with Gasteiger partial charge in [0, 0.05) is 5.25 Å². The van der Waals surface area contributed by atoms with Crippen LogP contribution in [0.5, 0.6) is 0 Å². The summed E-state index contributed by atoms with van der Waals surface area (Å²) in [5.41, 5.74) is 0. The molecule has 0 atom stereocenters. The molecule has 0 aromatic rings. The Kier molecular flexibility index (Phi) is 6.35. The second-order valence-electron chi connectivity index (χ2n) is 3.25. The summed E-state index contributed by atoms with van der Waals surface area (Å²) >= 11 is 1.60. The molecule has 0 bridgehead atoms. The molecule has 0 saturated heterocycles. The van der Waals surface area contributed by atoms with Crippen LogP contribution in [0.25, 0.3) is 0 Å². The van der Waals surface area contributed by atoms with E-state index in [0.717, 1.165) is 11.9 Å². The van der Waals surface area contributed by atoms with Gasteiger partial charge in [-0.05, 0) is 19.3 Å². The number of hydrogen-bond donors (Lipinski definition) is 0. The molecule has 1 aliphatic carbocycles. The summed E-state index contributed by atoms with van der Waals surface area (Å²) < 4.78 is 5.41. The lowest BCUT2D eigenvalue weighted by Gasteiger charge is -2.00. The minimum absolute atomic E-state index is 0.908. The topological polar surface area (TPSA) is 9.23 Å². The van der Waals surface area contributed by atoms with Crippen LogP contribution in [0.15, 0.2) is 0 Å². The first-order valence-corrected chi connectivity index (χ1v) is 7.02. The Morgan fingerprint density at radius 3 is 2.75 bits per heavy atom. The third kappa shape index (κ3) is 6.21. The minimum Gasteiger partial charge on any atom is -0.305 e. The molecule has 1 fully saturated rings. The van der Waals surface area contributed by atoms with Crippen LogP contribution in [0.3, 0.4) is 0 Å². The zero-order chi connectivity index (χ0) is 8.65. The largest absolute Gasteiger partial charge is 0.305 e. The van der Waals surface area contributed by atoms with Crippen LogP contribution in [0.2, 0.25) is 0 Å². The molecule has 1 saturated carbocycles. The van der Waals surface area contributed by atoms with E-state index in [1.807, 2.05) is 10.8 Å². The molecular formula is C9H18OS2. The molecular weight excluding hydrogens is 188 g/mol. The molecule has 1 nitrogen and oxygen atoms in total. The summed E-state index contributed by atoms with van der Waals surface area (Å²) in [5.74, 6) is 0. The molecule has 0 aromatic heterocycles. The fraction of sp³-hybridized carbons (Fsp3) is 1.00. The van der Waals surface area contributed by atoms with Crippen LogP contribution in [-0.2, 0) is 4.18 Å². The molecule has 3 heteroatoms. The van der Waals surface area contributed by atoms with Gasteiger partial charge in [0.2, 0.25) is 0 Å². The van der Waals surface area contributed by atoms with E-state index in [2.05, 4.69) is 6.92 Å². The van der Waals surface area contributed by atoms with Crippen molar-refractivity contribution in [3.05, 3.63) is 0 Å². The van der Waals surface area contributed by atoms with E-state index in [-0.39, 0.29) is 0 Å². The van der Waals surface area contributed by atoms with Gasteiger partial charge in [-0.3, -0.25) is 0 Å². The molecule has 72 valence electrons. The van der Waals surface area contributed by atoms with Gasteiger partial charge in [0.1, 0.15) is 0 Å². The zero-order valence-corrected chi connectivity index (χ0v) is 9.38. The highest BCUT2D eigenvalue weighted by atomic mass is 33.1. The van der Waals surface area contributed by atoms with Gasteiger partial charge in [-0.25, -0.2) is 0 Å². The Bertz CT molecular complexity index is 105. The smallest absolute Gasteiger partial charge is 0.0624 e. The summed E-state index contributed by atoms with van der Waals surface area (Å²) in [6, 6.07) is 0. The highest BCUT2D eigenvalue weighted by molar-refractivity contribution is 8.75. The normalized spacial score (nSPS) is 16.8. The van der Waals surface area contributed by atoms with Gasteiger partial charge in [0.15, 0.2) is 0 Å². The number of rotatable bonds is 8. The number of unbranched alkanes of at least 4 members (excludes halogenated alkanes) is 3. The Hall–Kier alpha value is 0.660. The molecule has 1 rings (SSSR count). The SMILES string of the molecule is CCCCCCOSSC1CC1. The van der Waals surface area contributed by atoms with Crippen molar-refractivity contribution in [2.24, 2.45) is 0 Å². The van der Waals surface area contributed by atoms with Gasteiger partial charge in [-0.1, -0.05) is 37.0 Å². The molecule has 0 aromatic carbocycles. The Labute approximate surface area is 83.6 Å². The quantitative estimate of drug-likeness (QED) is 0.337. The van der Waals surface area contributed by atoms with Crippen molar-refractivity contribution >= 4 is 21.9 Å². The second-order valence-corrected chi connectivity index (χ2v) is 5.46. The van der Waals surface area contributed by atoms with Crippen molar-refractivity contribution in [3.63, 3.8) is 0 Å². The van der Waals surface area contributed by atoms with Crippen LogP contribution in [0.4, 0.5) is 0 Å². The van der Waals surface area contributed by atoms with E-state index in [0.29, 0.717) is 0 Å². The average molecular weight is 206 g/mol. The van der Waals surface area contributed by atoms with Crippen molar-refractivity contribution in [1.29, 1.82) is 0 Å². The highest BCUT2D eigenvalue weighted by Crippen LogP contribution is 2.41. The van der Waals surface area contributed by atoms with Gasteiger partial charge in [0.25, 0.3) is 0 Å². The summed E-state index contributed by atoms with van der Waals surface area (Å²) in [4.78, 5) is 0. The van der Waals surface area contributed by atoms with Crippen molar-refractivity contribution < 1.29 is 4.18 Å². The minimum atomic E-state index is 0.908. The van der Waals surface area contributed by atoms with Crippen LogP contribution in [-0.4, -0.2) is 11.9 Å². The lowest BCUT2D eigenvalue weighted by Crippen LogP contribution is -1.85. The van der Waals surface area contributed by atoms with E-state index in [1.165, 1.54) is 38.5 Å². The molecule has 0 spiro atoms. The third-order valence-electron chi connectivity index (χ3n) is 1.83. The summed E-state index contributed by atoms with van der Waals surface area (Å²) in [5, 5.41) is 0.908. The van der Waals surface area contributed by atoms with Crippen LogP contribution in [0.1, 0.15) is 45.4 Å². The molecule has 0 aliphatic heterocycles. The first kappa shape index (κ1) is 10.7. The Morgan fingerprint density at radius 2 is 2.08 bits per heavy atom. The summed E-state index contributed by atoms with van der Waals surface area (Å²) in [7, 11) is 1.90. The van der Waals surface area contributed by atoms with Crippen molar-refractivity contribution in [2.45, 2.75) is 50.7 Å². The predicted octanol–water partition coefficient (Wildman–Crippen LogP) is 4.04. The first-order valence-electron chi connectivity index (χ1n) is 4.88. The molecule has 0 radical (unpaired) electrons. The van der Waals surface area contributed by atoms with Crippen molar-refractivity contribution in [1.82, 2.24) is 0 Å². The lowest BCUT2D eigenvalue weighted by atomic mass is 10.2.